The molecule has 0 spiro atoms. The molecule has 1 aromatic rings. The zero-order valence-electron chi connectivity index (χ0n) is 12.1. The van der Waals surface area contributed by atoms with Gasteiger partial charge in [-0.15, -0.1) is 0 Å². The zero-order valence-corrected chi connectivity index (χ0v) is 12.9. The molecule has 1 aliphatic carbocycles. The first-order valence-corrected chi connectivity index (χ1v) is 7.75. The van der Waals surface area contributed by atoms with E-state index in [9.17, 15) is 9.90 Å². The Balaban J connectivity index is 2.20. The summed E-state index contributed by atoms with van der Waals surface area (Å²) in [6, 6.07) is 9.76. The molecule has 0 aliphatic heterocycles. The van der Waals surface area contributed by atoms with Gasteiger partial charge in [0.1, 0.15) is 0 Å². The highest BCUT2D eigenvalue weighted by Crippen LogP contribution is 2.40. The maximum atomic E-state index is 13.0. The Bertz CT molecular complexity index is 498. The van der Waals surface area contributed by atoms with Crippen LogP contribution in [0.15, 0.2) is 30.3 Å². The van der Waals surface area contributed by atoms with Gasteiger partial charge in [0.25, 0.3) is 0 Å². The number of hydrogen-bond acceptors (Lipinski definition) is 3. The van der Waals surface area contributed by atoms with Gasteiger partial charge in [-0.1, -0.05) is 55.4 Å². The molecule has 1 aliphatic rings. The van der Waals surface area contributed by atoms with Gasteiger partial charge in [-0.3, -0.25) is 4.79 Å². The van der Waals surface area contributed by atoms with E-state index in [1.807, 2.05) is 30.3 Å². The molecule has 3 N–H and O–H groups in total. The SMILES string of the molecule is NC(=S)C1(C(=O)N(CCO)Cc2ccccc2)CCCC1. The smallest absolute Gasteiger partial charge is 0.236 e. The molecule has 1 aromatic carbocycles. The fourth-order valence-electron chi connectivity index (χ4n) is 3.02. The first kappa shape index (κ1) is 15.9. The van der Waals surface area contributed by atoms with Gasteiger partial charge in [0.05, 0.1) is 17.0 Å². The molecule has 0 atom stereocenters. The first-order chi connectivity index (χ1) is 10.1. The number of nitrogens with two attached hydrogens (primary N) is 1. The maximum Gasteiger partial charge on any atom is 0.236 e. The molecule has 1 saturated carbocycles. The number of amides is 1. The second kappa shape index (κ2) is 7.00. The Kier molecular flexibility index (Phi) is 5.31. The van der Waals surface area contributed by atoms with Crippen LogP contribution in [-0.4, -0.2) is 34.1 Å². The summed E-state index contributed by atoms with van der Waals surface area (Å²) in [5.74, 6) is -0.0367. The number of aliphatic hydroxyl groups is 1. The largest absolute Gasteiger partial charge is 0.395 e. The predicted octanol–water partition coefficient (Wildman–Crippen LogP) is 1.85. The van der Waals surface area contributed by atoms with E-state index in [0.29, 0.717) is 18.1 Å². The van der Waals surface area contributed by atoms with Crippen molar-refractivity contribution in [2.45, 2.75) is 32.2 Å². The third-order valence-corrected chi connectivity index (χ3v) is 4.60. The number of hydrogen-bond donors (Lipinski definition) is 2. The quantitative estimate of drug-likeness (QED) is 0.787. The van der Waals surface area contributed by atoms with Crippen LogP contribution in [0.3, 0.4) is 0 Å². The van der Waals surface area contributed by atoms with Crippen LogP contribution in [0.5, 0.6) is 0 Å². The minimum atomic E-state index is -0.709. The lowest BCUT2D eigenvalue weighted by molar-refractivity contribution is -0.139. The van der Waals surface area contributed by atoms with E-state index in [4.69, 9.17) is 18.0 Å². The summed E-state index contributed by atoms with van der Waals surface area (Å²) in [6.45, 7) is 0.717. The number of rotatable bonds is 6. The molecular formula is C16H22N2O2S. The van der Waals surface area contributed by atoms with Crippen molar-refractivity contribution in [2.24, 2.45) is 11.1 Å². The van der Waals surface area contributed by atoms with Gasteiger partial charge in [0, 0.05) is 13.1 Å². The molecule has 0 saturated heterocycles. The maximum absolute atomic E-state index is 13.0. The van der Waals surface area contributed by atoms with Gasteiger partial charge in [-0.2, -0.15) is 0 Å². The molecule has 114 valence electrons. The van der Waals surface area contributed by atoms with Crippen LogP contribution in [0.1, 0.15) is 31.2 Å². The number of aliphatic hydroxyl groups excluding tert-OH is 1. The summed E-state index contributed by atoms with van der Waals surface area (Å²) in [5, 5.41) is 9.27. The van der Waals surface area contributed by atoms with Crippen molar-refractivity contribution in [2.75, 3.05) is 13.2 Å². The summed E-state index contributed by atoms with van der Waals surface area (Å²) in [6.07, 6.45) is 3.39. The molecule has 1 amide bonds. The molecule has 0 unspecified atom stereocenters. The van der Waals surface area contributed by atoms with Crippen molar-refractivity contribution in [1.82, 2.24) is 4.90 Å². The second-order valence-electron chi connectivity index (χ2n) is 5.59. The molecule has 5 heteroatoms. The van der Waals surface area contributed by atoms with Crippen LogP contribution < -0.4 is 5.73 Å². The topological polar surface area (TPSA) is 66.6 Å². The van der Waals surface area contributed by atoms with E-state index in [0.717, 1.165) is 31.2 Å². The lowest BCUT2D eigenvalue weighted by Gasteiger charge is -2.33. The van der Waals surface area contributed by atoms with Gasteiger partial charge >= 0.3 is 0 Å². The molecule has 4 nitrogen and oxygen atoms in total. The average molecular weight is 306 g/mol. The van der Waals surface area contributed by atoms with Crippen molar-refractivity contribution in [3.8, 4) is 0 Å². The highest BCUT2D eigenvalue weighted by Gasteiger charge is 2.45. The van der Waals surface area contributed by atoms with Crippen molar-refractivity contribution in [3.63, 3.8) is 0 Å². The van der Waals surface area contributed by atoms with Gasteiger partial charge in [0.2, 0.25) is 5.91 Å². The third kappa shape index (κ3) is 3.41. The summed E-state index contributed by atoms with van der Waals surface area (Å²) >= 11 is 5.18. The average Bonchev–Trinajstić information content (AvgIpc) is 2.98. The number of carbonyl (C=O) groups is 1. The molecule has 0 heterocycles. The molecule has 0 bridgehead atoms. The van der Waals surface area contributed by atoms with Crippen molar-refractivity contribution in [1.29, 1.82) is 0 Å². The lowest BCUT2D eigenvalue weighted by atomic mass is 9.84. The van der Waals surface area contributed by atoms with Gasteiger partial charge < -0.3 is 15.7 Å². The van der Waals surface area contributed by atoms with Crippen LogP contribution in [0.25, 0.3) is 0 Å². The number of benzene rings is 1. The van der Waals surface area contributed by atoms with Gasteiger partial charge in [0.15, 0.2) is 0 Å². The van der Waals surface area contributed by atoms with Crippen LogP contribution in [0.2, 0.25) is 0 Å². The summed E-state index contributed by atoms with van der Waals surface area (Å²) in [5.41, 5.74) is 6.21. The first-order valence-electron chi connectivity index (χ1n) is 7.34. The molecule has 1 fully saturated rings. The van der Waals surface area contributed by atoms with Crippen molar-refractivity contribution in [3.05, 3.63) is 35.9 Å². The van der Waals surface area contributed by atoms with Crippen LogP contribution in [0.4, 0.5) is 0 Å². The summed E-state index contributed by atoms with van der Waals surface area (Å²) in [7, 11) is 0. The van der Waals surface area contributed by atoms with Gasteiger partial charge in [-0.25, -0.2) is 0 Å². The normalized spacial score (nSPS) is 16.6. The Morgan fingerprint density at radius 1 is 1.29 bits per heavy atom. The minimum absolute atomic E-state index is 0.0367. The zero-order chi connectivity index (χ0) is 15.3. The predicted molar refractivity (Wildman–Crippen MR) is 86.6 cm³/mol. The van der Waals surface area contributed by atoms with E-state index in [1.165, 1.54) is 0 Å². The standard InChI is InChI=1S/C16H22N2O2S/c17-14(21)16(8-4-5-9-16)15(20)18(10-11-19)12-13-6-2-1-3-7-13/h1-3,6-7,19H,4-5,8-12H2,(H2,17,21). The van der Waals surface area contributed by atoms with Crippen LogP contribution in [-0.2, 0) is 11.3 Å². The van der Waals surface area contributed by atoms with Gasteiger partial charge in [-0.05, 0) is 18.4 Å². The van der Waals surface area contributed by atoms with E-state index in [-0.39, 0.29) is 12.5 Å². The second-order valence-corrected chi connectivity index (χ2v) is 6.03. The minimum Gasteiger partial charge on any atom is -0.395 e. The monoisotopic (exact) mass is 306 g/mol. The Hall–Kier alpha value is -1.46. The highest BCUT2D eigenvalue weighted by atomic mass is 32.1. The number of carbonyl (C=O) groups excluding carboxylic acids is 1. The summed E-state index contributed by atoms with van der Waals surface area (Å²) in [4.78, 5) is 14.9. The van der Waals surface area contributed by atoms with Crippen molar-refractivity contribution >= 4 is 23.1 Å². The van der Waals surface area contributed by atoms with E-state index >= 15 is 0 Å². The van der Waals surface area contributed by atoms with E-state index in [2.05, 4.69) is 0 Å². The third-order valence-electron chi connectivity index (χ3n) is 4.21. The molecule has 0 aromatic heterocycles. The number of nitrogens with zero attached hydrogens (tertiary/aromatic N) is 1. The van der Waals surface area contributed by atoms with Crippen LogP contribution in [0, 0.1) is 5.41 Å². The van der Waals surface area contributed by atoms with Crippen molar-refractivity contribution < 1.29 is 9.90 Å². The lowest BCUT2D eigenvalue weighted by Crippen LogP contribution is -2.49. The van der Waals surface area contributed by atoms with E-state index in [1.54, 1.807) is 4.90 Å². The van der Waals surface area contributed by atoms with Crippen LogP contribution >= 0.6 is 12.2 Å². The Labute approximate surface area is 130 Å². The Morgan fingerprint density at radius 2 is 1.90 bits per heavy atom. The fraction of sp³-hybridized carbons (Fsp3) is 0.500. The fourth-order valence-corrected chi connectivity index (χ4v) is 3.32. The molecule has 2 rings (SSSR count). The highest BCUT2D eigenvalue weighted by molar-refractivity contribution is 7.80. The molecule has 0 radical (unpaired) electrons. The Morgan fingerprint density at radius 3 is 2.43 bits per heavy atom. The summed E-state index contributed by atoms with van der Waals surface area (Å²) < 4.78 is 0. The molecule has 21 heavy (non-hydrogen) atoms. The van der Waals surface area contributed by atoms with E-state index < -0.39 is 5.41 Å². The number of thiocarbonyl (C=S) groups is 1. The molecular weight excluding hydrogens is 284 g/mol.